The first kappa shape index (κ1) is 15.4. The van der Waals surface area contributed by atoms with E-state index in [0.29, 0.717) is 5.69 Å². The number of nitrogens with zero attached hydrogens (tertiary/aromatic N) is 3. The number of hydrogen-bond donors (Lipinski definition) is 0. The molecule has 0 radical (unpaired) electrons. The average Bonchev–Trinajstić information content (AvgIpc) is 2.77. The molecule has 120 valence electrons. The van der Waals surface area contributed by atoms with E-state index in [9.17, 15) is 4.79 Å². The van der Waals surface area contributed by atoms with E-state index >= 15 is 0 Å². The number of carbonyl (C=O) groups excluding carboxylic acids is 1. The molecular weight excluding hydrogens is 278 g/mol. The second-order valence-corrected chi connectivity index (χ2v) is 6.47. The number of aromatic nitrogens is 1. The Balaban J connectivity index is 1.74. The molecule has 1 spiro atoms. The van der Waals surface area contributed by atoms with Gasteiger partial charge in [-0.1, -0.05) is 13.0 Å². The minimum atomic E-state index is 0.0481. The van der Waals surface area contributed by atoms with Crippen molar-refractivity contribution in [3.05, 3.63) is 30.1 Å². The van der Waals surface area contributed by atoms with Crippen molar-refractivity contribution in [3.8, 4) is 0 Å². The lowest BCUT2D eigenvalue weighted by Crippen LogP contribution is -2.52. The fourth-order valence-electron chi connectivity index (χ4n) is 3.63. The number of amides is 1. The van der Waals surface area contributed by atoms with Crippen LogP contribution in [0.4, 0.5) is 0 Å². The second-order valence-electron chi connectivity index (χ2n) is 6.47. The summed E-state index contributed by atoms with van der Waals surface area (Å²) in [5.74, 6) is 0.0481. The molecule has 1 aromatic rings. The van der Waals surface area contributed by atoms with Gasteiger partial charge in [-0.2, -0.15) is 0 Å². The Labute approximate surface area is 132 Å². The summed E-state index contributed by atoms with van der Waals surface area (Å²) in [6, 6.07) is 5.51. The lowest BCUT2D eigenvalue weighted by molar-refractivity contribution is 0.00743. The molecule has 0 aromatic carbocycles. The van der Waals surface area contributed by atoms with Crippen LogP contribution in [0.2, 0.25) is 0 Å². The average molecular weight is 303 g/mol. The van der Waals surface area contributed by atoms with Gasteiger partial charge in [-0.05, 0) is 31.5 Å². The Morgan fingerprint density at radius 3 is 3.05 bits per heavy atom. The molecule has 0 saturated carbocycles. The SMILES string of the molecule is CCN1CCOC[C@]2(CCCN(C(=O)c3ccccn3)C2)C1. The zero-order valence-electron chi connectivity index (χ0n) is 13.3. The highest BCUT2D eigenvalue weighted by molar-refractivity contribution is 5.92. The molecule has 2 fully saturated rings. The molecule has 2 aliphatic rings. The number of rotatable bonds is 2. The molecule has 0 N–H and O–H groups in total. The molecule has 1 aromatic heterocycles. The molecule has 5 nitrogen and oxygen atoms in total. The Morgan fingerprint density at radius 2 is 2.27 bits per heavy atom. The van der Waals surface area contributed by atoms with E-state index < -0.39 is 0 Å². The van der Waals surface area contributed by atoms with Crippen LogP contribution in [-0.4, -0.2) is 66.6 Å². The van der Waals surface area contributed by atoms with E-state index in [-0.39, 0.29) is 11.3 Å². The van der Waals surface area contributed by atoms with E-state index in [4.69, 9.17) is 4.74 Å². The molecule has 2 aliphatic heterocycles. The van der Waals surface area contributed by atoms with Gasteiger partial charge in [0.25, 0.3) is 5.91 Å². The van der Waals surface area contributed by atoms with Gasteiger partial charge in [-0.15, -0.1) is 0 Å². The highest BCUT2D eigenvalue weighted by atomic mass is 16.5. The number of likely N-dealkylation sites (tertiary alicyclic amines) is 1. The summed E-state index contributed by atoms with van der Waals surface area (Å²) in [4.78, 5) is 21.3. The Kier molecular flexibility index (Phi) is 4.74. The second kappa shape index (κ2) is 6.75. The summed E-state index contributed by atoms with van der Waals surface area (Å²) in [7, 11) is 0. The molecule has 1 atom stereocenters. The van der Waals surface area contributed by atoms with E-state index in [1.807, 2.05) is 17.0 Å². The Hall–Kier alpha value is -1.46. The van der Waals surface area contributed by atoms with Gasteiger partial charge >= 0.3 is 0 Å². The molecule has 3 rings (SSSR count). The standard InChI is InChI=1S/C17H25N3O2/c1-2-19-10-11-22-14-17(12-19)7-5-9-20(13-17)16(21)15-6-3-4-8-18-15/h3-4,6,8H,2,5,7,9-14H2,1H3/t17-/m1/s1. The lowest BCUT2D eigenvalue weighted by Gasteiger charge is -2.43. The van der Waals surface area contributed by atoms with Gasteiger partial charge in [0.2, 0.25) is 0 Å². The zero-order valence-corrected chi connectivity index (χ0v) is 13.3. The van der Waals surface area contributed by atoms with Crippen LogP contribution in [0.3, 0.4) is 0 Å². The third-order valence-electron chi connectivity index (χ3n) is 4.80. The molecular formula is C17H25N3O2. The Bertz CT molecular complexity index is 508. The number of ether oxygens (including phenoxy) is 1. The maximum atomic E-state index is 12.7. The van der Waals surface area contributed by atoms with Crippen LogP contribution < -0.4 is 0 Å². The van der Waals surface area contributed by atoms with Crippen molar-refractivity contribution in [2.75, 3.05) is 45.9 Å². The van der Waals surface area contributed by atoms with Gasteiger partial charge in [-0.3, -0.25) is 9.78 Å². The van der Waals surface area contributed by atoms with Crippen molar-refractivity contribution in [3.63, 3.8) is 0 Å². The van der Waals surface area contributed by atoms with Gasteiger partial charge in [0, 0.05) is 37.8 Å². The van der Waals surface area contributed by atoms with Crippen LogP contribution in [0.15, 0.2) is 24.4 Å². The zero-order chi connectivity index (χ0) is 15.4. The van der Waals surface area contributed by atoms with Gasteiger partial charge in [0.1, 0.15) is 5.69 Å². The highest BCUT2D eigenvalue weighted by Gasteiger charge is 2.40. The van der Waals surface area contributed by atoms with E-state index in [0.717, 1.165) is 58.8 Å². The van der Waals surface area contributed by atoms with Gasteiger partial charge in [-0.25, -0.2) is 0 Å². The smallest absolute Gasteiger partial charge is 0.272 e. The highest BCUT2D eigenvalue weighted by Crippen LogP contribution is 2.33. The molecule has 1 amide bonds. The van der Waals surface area contributed by atoms with Gasteiger partial charge in [0.15, 0.2) is 0 Å². The normalized spacial score (nSPS) is 26.9. The monoisotopic (exact) mass is 303 g/mol. The summed E-state index contributed by atoms with van der Waals surface area (Å²) in [5.41, 5.74) is 0.622. The third-order valence-corrected chi connectivity index (χ3v) is 4.80. The first-order valence-electron chi connectivity index (χ1n) is 8.23. The van der Waals surface area contributed by atoms with Crippen LogP contribution in [0, 0.1) is 5.41 Å². The summed E-state index contributed by atoms with van der Waals surface area (Å²) >= 11 is 0. The first-order valence-corrected chi connectivity index (χ1v) is 8.23. The van der Waals surface area contributed by atoms with Crippen molar-refractivity contribution in [1.29, 1.82) is 0 Å². The van der Waals surface area contributed by atoms with E-state index in [2.05, 4.69) is 16.8 Å². The molecule has 0 unspecified atom stereocenters. The molecule has 3 heterocycles. The molecule has 0 bridgehead atoms. The van der Waals surface area contributed by atoms with Crippen molar-refractivity contribution in [2.45, 2.75) is 19.8 Å². The summed E-state index contributed by atoms with van der Waals surface area (Å²) in [5, 5.41) is 0. The van der Waals surface area contributed by atoms with Crippen molar-refractivity contribution >= 4 is 5.91 Å². The maximum Gasteiger partial charge on any atom is 0.272 e. The lowest BCUT2D eigenvalue weighted by atomic mass is 9.80. The fraction of sp³-hybridized carbons (Fsp3) is 0.647. The largest absolute Gasteiger partial charge is 0.379 e. The predicted molar refractivity (Wildman–Crippen MR) is 84.7 cm³/mol. The van der Waals surface area contributed by atoms with Gasteiger partial charge in [0.05, 0.1) is 13.2 Å². The third kappa shape index (κ3) is 3.31. The van der Waals surface area contributed by atoms with Crippen LogP contribution in [0.1, 0.15) is 30.3 Å². The van der Waals surface area contributed by atoms with Gasteiger partial charge < -0.3 is 14.5 Å². The summed E-state index contributed by atoms with van der Waals surface area (Å²) in [6.45, 7) is 8.40. The quantitative estimate of drug-likeness (QED) is 0.833. The van der Waals surface area contributed by atoms with Crippen LogP contribution >= 0.6 is 0 Å². The van der Waals surface area contributed by atoms with E-state index in [1.54, 1.807) is 12.3 Å². The molecule has 0 aliphatic carbocycles. The Morgan fingerprint density at radius 1 is 1.36 bits per heavy atom. The van der Waals surface area contributed by atoms with E-state index in [1.165, 1.54) is 0 Å². The van der Waals surface area contributed by atoms with Crippen molar-refractivity contribution in [1.82, 2.24) is 14.8 Å². The summed E-state index contributed by atoms with van der Waals surface area (Å²) in [6.07, 6.45) is 3.86. The first-order chi connectivity index (χ1) is 10.7. The number of likely N-dealkylation sites (N-methyl/N-ethyl adjacent to an activating group) is 1. The minimum Gasteiger partial charge on any atom is -0.379 e. The number of piperidine rings is 1. The topological polar surface area (TPSA) is 45.7 Å². The van der Waals surface area contributed by atoms with Crippen LogP contribution in [0.25, 0.3) is 0 Å². The van der Waals surface area contributed by atoms with Crippen LogP contribution in [0.5, 0.6) is 0 Å². The number of pyridine rings is 1. The van der Waals surface area contributed by atoms with Crippen molar-refractivity contribution < 1.29 is 9.53 Å². The van der Waals surface area contributed by atoms with Crippen LogP contribution in [-0.2, 0) is 4.74 Å². The number of hydrogen-bond acceptors (Lipinski definition) is 4. The fourth-order valence-corrected chi connectivity index (χ4v) is 3.63. The summed E-state index contributed by atoms with van der Waals surface area (Å²) < 4.78 is 5.86. The van der Waals surface area contributed by atoms with Crippen molar-refractivity contribution in [2.24, 2.45) is 5.41 Å². The maximum absolute atomic E-state index is 12.7. The predicted octanol–water partition coefficient (Wildman–Crippen LogP) is 1.66. The number of carbonyl (C=O) groups is 1. The molecule has 5 heteroatoms. The molecule has 2 saturated heterocycles. The molecule has 22 heavy (non-hydrogen) atoms. The minimum absolute atomic E-state index is 0.0481.